The van der Waals surface area contributed by atoms with Crippen LogP contribution in [-0.2, 0) is 4.79 Å². The number of aryl methyl sites for hydroxylation is 1. The fourth-order valence-electron chi connectivity index (χ4n) is 2.94. The lowest BCUT2D eigenvalue weighted by Crippen LogP contribution is -2.45. The van der Waals surface area contributed by atoms with Gasteiger partial charge >= 0.3 is 6.03 Å². The first-order valence-electron chi connectivity index (χ1n) is 9.02. The maximum Gasteiger partial charge on any atom is 0.321 e. The summed E-state index contributed by atoms with van der Waals surface area (Å²) in [6, 6.07) is 20.3. The first-order chi connectivity index (χ1) is 13.6. The Bertz CT molecular complexity index is 909. The van der Waals surface area contributed by atoms with Gasteiger partial charge in [-0.05, 0) is 29.5 Å². The summed E-state index contributed by atoms with van der Waals surface area (Å²) in [4.78, 5) is 25.7. The van der Waals surface area contributed by atoms with Gasteiger partial charge in [0.25, 0.3) is 0 Å². The van der Waals surface area contributed by atoms with Crippen molar-refractivity contribution in [2.45, 2.75) is 19.0 Å². The lowest BCUT2D eigenvalue weighted by Gasteiger charge is -2.25. The molecule has 5 nitrogen and oxygen atoms in total. The van der Waals surface area contributed by atoms with E-state index in [1.807, 2.05) is 54.8 Å². The standard InChI is InChI=1S/C22H23N3O2S/c1-15-10-12-17(13-11-15)19(18-9-6-14-28-18)24-20(16-7-4-3-5-8-16)21(26)25-22(27)23-2/h3-14,19-20,24H,1-2H3,(H2,23,25,26,27)/t19-,20-/m1/s1. The van der Waals surface area contributed by atoms with E-state index < -0.39 is 18.0 Å². The van der Waals surface area contributed by atoms with Crippen LogP contribution < -0.4 is 16.0 Å². The first kappa shape index (κ1) is 19.8. The van der Waals surface area contributed by atoms with Crippen LogP contribution in [0.15, 0.2) is 72.1 Å². The van der Waals surface area contributed by atoms with Crippen LogP contribution in [0.4, 0.5) is 4.79 Å². The monoisotopic (exact) mass is 393 g/mol. The molecule has 3 aromatic rings. The van der Waals surface area contributed by atoms with Crippen LogP contribution in [0.2, 0.25) is 0 Å². The molecule has 2 aromatic carbocycles. The number of amides is 3. The third-order valence-electron chi connectivity index (χ3n) is 4.43. The summed E-state index contributed by atoms with van der Waals surface area (Å²) < 4.78 is 0. The predicted molar refractivity (Wildman–Crippen MR) is 112 cm³/mol. The summed E-state index contributed by atoms with van der Waals surface area (Å²) >= 11 is 1.62. The molecule has 2 atom stereocenters. The second-order valence-electron chi connectivity index (χ2n) is 6.44. The molecule has 0 fully saturated rings. The number of carbonyl (C=O) groups is 2. The number of hydrogen-bond acceptors (Lipinski definition) is 4. The SMILES string of the molecule is CNC(=O)NC(=O)[C@H](N[C@H](c1ccc(C)cc1)c1cccs1)c1ccccc1. The normalized spacial score (nSPS) is 12.8. The van der Waals surface area contributed by atoms with Gasteiger partial charge in [-0.15, -0.1) is 11.3 Å². The second-order valence-corrected chi connectivity index (χ2v) is 7.42. The average Bonchev–Trinajstić information content (AvgIpc) is 3.24. The number of thiophene rings is 1. The van der Waals surface area contributed by atoms with Crippen LogP contribution in [0.3, 0.4) is 0 Å². The highest BCUT2D eigenvalue weighted by Crippen LogP contribution is 2.29. The third kappa shape index (κ3) is 4.85. The Kier molecular flexibility index (Phi) is 6.57. The number of imide groups is 1. The molecule has 6 heteroatoms. The molecular formula is C22H23N3O2S. The zero-order valence-electron chi connectivity index (χ0n) is 15.8. The maximum atomic E-state index is 12.9. The van der Waals surface area contributed by atoms with E-state index in [2.05, 4.69) is 40.2 Å². The van der Waals surface area contributed by atoms with Crippen molar-refractivity contribution in [2.75, 3.05) is 7.05 Å². The number of carbonyl (C=O) groups excluding carboxylic acids is 2. The van der Waals surface area contributed by atoms with Gasteiger partial charge in [0.2, 0.25) is 5.91 Å². The van der Waals surface area contributed by atoms with Crippen molar-refractivity contribution in [3.05, 3.63) is 93.7 Å². The Morgan fingerprint density at radius 2 is 1.61 bits per heavy atom. The molecule has 0 aliphatic heterocycles. The Morgan fingerprint density at radius 1 is 0.893 bits per heavy atom. The van der Waals surface area contributed by atoms with Crippen molar-refractivity contribution in [3.63, 3.8) is 0 Å². The molecule has 1 heterocycles. The molecular weight excluding hydrogens is 370 g/mol. The molecule has 28 heavy (non-hydrogen) atoms. The van der Waals surface area contributed by atoms with Gasteiger partial charge in [0.05, 0.1) is 6.04 Å². The highest BCUT2D eigenvalue weighted by molar-refractivity contribution is 7.10. The smallest absolute Gasteiger partial charge is 0.321 e. The van der Waals surface area contributed by atoms with Gasteiger partial charge in [-0.25, -0.2) is 4.79 Å². The zero-order chi connectivity index (χ0) is 19.9. The number of urea groups is 1. The summed E-state index contributed by atoms with van der Waals surface area (Å²) in [5.74, 6) is -0.404. The molecule has 0 aliphatic rings. The van der Waals surface area contributed by atoms with E-state index >= 15 is 0 Å². The molecule has 0 saturated carbocycles. The van der Waals surface area contributed by atoms with Crippen LogP contribution >= 0.6 is 11.3 Å². The van der Waals surface area contributed by atoms with Gasteiger partial charge in [0.1, 0.15) is 6.04 Å². The lowest BCUT2D eigenvalue weighted by molar-refractivity contribution is -0.122. The highest BCUT2D eigenvalue weighted by atomic mass is 32.1. The number of hydrogen-bond donors (Lipinski definition) is 3. The van der Waals surface area contributed by atoms with E-state index in [1.54, 1.807) is 11.3 Å². The van der Waals surface area contributed by atoms with Crippen molar-refractivity contribution in [3.8, 4) is 0 Å². The van der Waals surface area contributed by atoms with E-state index in [0.29, 0.717) is 0 Å². The summed E-state index contributed by atoms with van der Waals surface area (Å²) in [5, 5.41) is 10.3. The fourth-order valence-corrected chi connectivity index (χ4v) is 3.75. The van der Waals surface area contributed by atoms with E-state index in [4.69, 9.17) is 0 Å². The number of rotatable bonds is 6. The van der Waals surface area contributed by atoms with Gasteiger partial charge < -0.3 is 5.32 Å². The second kappa shape index (κ2) is 9.30. The minimum atomic E-state index is -0.688. The molecule has 0 spiro atoms. The van der Waals surface area contributed by atoms with Crippen molar-refractivity contribution < 1.29 is 9.59 Å². The predicted octanol–water partition coefficient (Wildman–Crippen LogP) is 3.93. The van der Waals surface area contributed by atoms with Crippen molar-refractivity contribution >= 4 is 23.3 Å². The minimum absolute atomic E-state index is 0.179. The first-order valence-corrected chi connectivity index (χ1v) is 9.90. The molecule has 0 aliphatic carbocycles. The zero-order valence-corrected chi connectivity index (χ0v) is 16.6. The van der Waals surface area contributed by atoms with Gasteiger partial charge in [0, 0.05) is 11.9 Å². The van der Waals surface area contributed by atoms with E-state index in [9.17, 15) is 9.59 Å². The molecule has 1 aromatic heterocycles. The van der Waals surface area contributed by atoms with E-state index in [-0.39, 0.29) is 6.04 Å². The maximum absolute atomic E-state index is 12.9. The lowest BCUT2D eigenvalue weighted by atomic mass is 9.99. The molecule has 3 N–H and O–H groups in total. The average molecular weight is 394 g/mol. The van der Waals surface area contributed by atoms with E-state index in [0.717, 1.165) is 16.0 Å². The van der Waals surface area contributed by atoms with Gasteiger partial charge in [-0.2, -0.15) is 0 Å². The molecule has 144 valence electrons. The number of benzene rings is 2. The summed E-state index contributed by atoms with van der Waals surface area (Å²) in [5.41, 5.74) is 3.02. The topological polar surface area (TPSA) is 70.2 Å². The highest BCUT2D eigenvalue weighted by Gasteiger charge is 2.27. The Labute approximate surface area is 168 Å². The Balaban J connectivity index is 1.96. The van der Waals surface area contributed by atoms with Crippen molar-refractivity contribution in [2.24, 2.45) is 0 Å². The molecule has 3 amide bonds. The minimum Gasteiger partial charge on any atom is -0.341 e. The summed E-state index contributed by atoms with van der Waals surface area (Å²) in [7, 11) is 1.48. The van der Waals surface area contributed by atoms with Crippen LogP contribution in [0, 0.1) is 6.92 Å². The molecule has 0 unspecified atom stereocenters. The molecule has 0 saturated heterocycles. The largest absolute Gasteiger partial charge is 0.341 e. The summed E-state index contributed by atoms with van der Waals surface area (Å²) in [6.45, 7) is 2.04. The molecule has 3 rings (SSSR count). The Morgan fingerprint density at radius 3 is 2.21 bits per heavy atom. The van der Waals surface area contributed by atoms with Gasteiger partial charge in [-0.3, -0.25) is 15.4 Å². The van der Waals surface area contributed by atoms with Crippen LogP contribution in [0.25, 0.3) is 0 Å². The fraction of sp³-hybridized carbons (Fsp3) is 0.182. The van der Waals surface area contributed by atoms with Crippen LogP contribution in [0.1, 0.15) is 33.7 Å². The summed E-state index contributed by atoms with van der Waals surface area (Å²) in [6.07, 6.45) is 0. The number of nitrogens with one attached hydrogen (secondary N) is 3. The molecule has 0 radical (unpaired) electrons. The molecule has 0 bridgehead atoms. The quantitative estimate of drug-likeness (QED) is 0.594. The van der Waals surface area contributed by atoms with E-state index in [1.165, 1.54) is 12.6 Å². The Hall–Kier alpha value is -2.96. The van der Waals surface area contributed by atoms with Gasteiger partial charge in [-0.1, -0.05) is 66.2 Å². The van der Waals surface area contributed by atoms with Gasteiger partial charge in [0.15, 0.2) is 0 Å². The van der Waals surface area contributed by atoms with Crippen LogP contribution in [0.5, 0.6) is 0 Å². The third-order valence-corrected chi connectivity index (χ3v) is 5.37. The van der Waals surface area contributed by atoms with Crippen LogP contribution in [-0.4, -0.2) is 19.0 Å². The van der Waals surface area contributed by atoms with Crippen molar-refractivity contribution in [1.82, 2.24) is 16.0 Å². The van der Waals surface area contributed by atoms with Crippen molar-refractivity contribution in [1.29, 1.82) is 0 Å².